The molecule has 2 amide bonds. The molecule has 128 valence electrons. The number of thiazole rings is 1. The van der Waals surface area contributed by atoms with Crippen LogP contribution < -0.4 is 10.6 Å². The van der Waals surface area contributed by atoms with Gasteiger partial charge in [0.25, 0.3) is 0 Å². The molecule has 1 atom stereocenters. The van der Waals surface area contributed by atoms with Gasteiger partial charge in [0.1, 0.15) is 0 Å². The van der Waals surface area contributed by atoms with Crippen molar-refractivity contribution >= 4 is 23.2 Å². The Morgan fingerprint density at radius 3 is 2.91 bits per heavy atom. The normalized spacial score (nSPS) is 19.0. The number of carbonyl (C=O) groups is 2. The predicted octanol–water partition coefficient (Wildman–Crippen LogP) is 1.23. The van der Waals surface area contributed by atoms with E-state index in [-0.39, 0.29) is 30.3 Å². The van der Waals surface area contributed by atoms with Crippen LogP contribution >= 0.6 is 11.3 Å². The summed E-state index contributed by atoms with van der Waals surface area (Å²) in [6.07, 6.45) is 1.06. The van der Waals surface area contributed by atoms with Crippen molar-refractivity contribution in [3.05, 3.63) is 15.6 Å². The maximum Gasteiger partial charge on any atom is 0.237 e. The van der Waals surface area contributed by atoms with Crippen LogP contribution in [0.2, 0.25) is 0 Å². The first-order valence-electron chi connectivity index (χ1n) is 8.17. The van der Waals surface area contributed by atoms with Crippen LogP contribution in [0.3, 0.4) is 0 Å². The van der Waals surface area contributed by atoms with Crippen molar-refractivity contribution in [1.29, 1.82) is 0 Å². The number of aryl methyl sites for hydroxylation is 2. The van der Waals surface area contributed by atoms with Gasteiger partial charge >= 0.3 is 0 Å². The lowest BCUT2D eigenvalue weighted by molar-refractivity contribution is -0.134. The van der Waals surface area contributed by atoms with Crippen LogP contribution in [0.25, 0.3) is 0 Å². The van der Waals surface area contributed by atoms with Crippen molar-refractivity contribution in [3.8, 4) is 0 Å². The highest BCUT2D eigenvalue weighted by Crippen LogP contribution is 2.18. The summed E-state index contributed by atoms with van der Waals surface area (Å²) in [5, 5.41) is 6.81. The molecule has 1 saturated heterocycles. The lowest BCUT2D eigenvalue weighted by atomic mass is 10.1. The van der Waals surface area contributed by atoms with Crippen molar-refractivity contribution in [2.75, 3.05) is 13.1 Å². The van der Waals surface area contributed by atoms with Crippen molar-refractivity contribution < 1.29 is 9.59 Å². The highest BCUT2D eigenvalue weighted by molar-refractivity contribution is 7.11. The standard InChI is InChI=1S/C16H26N4O2S/c1-5-12-14(23-11(4)19-12)9-18-15(21)8-13-16(22)17-6-7-20(13)10(2)3/h10,13H,5-9H2,1-4H3,(H,17,22)(H,18,21)/t13-/m0/s1. The summed E-state index contributed by atoms with van der Waals surface area (Å²) in [4.78, 5) is 32.0. The van der Waals surface area contributed by atoms with Crippen molar-refractivity contribution in [3.63, 3.8) is 0 Å². The predicted molar refractivity (Wildman–Crippen MR) is 91.3 cm³/mol. The zero-order valence-corrected chi connectivity index (χ0v) is 15.1. The Kier molecular flexibility index (Phi) is 6.12. The zero-order valence-electron chi connectivity index (χ0n) is 14.3. The maximum atomic E-state index is 12.3. The molecule has 7 heteroatoms. The van der Waals surface area contributed by atoms with E-state index in [0.29, 0.717) is 13.1 Å². The Balaban J connectivity index is 1.93. The first-order valence-corrected chi connectivity index (χ1v) is 8.99. The Labute approximate surface area is 141 Å². The van der Waals surface area contributed by atoms with Gasteiger partial charge < -0.3 is 10.6 Å². The number of nitrogens with zero attached hydrogens (tertiary/aromatic N) is 2. The summed E-state index contributed by atoms with van der Waals surface area (Å²) < 4.78 is 0. The van der Waals surface area contributed by atoms with E-state index in [1.807, 2.05) is 6.92 Å². The molecule has 2 rings (SSSR count). The molecule has 0 aromatic carbocycles. The SMILES string of the molecule is CCc1nc(C)sc1CNC(=O)C[C@H]1C(=O)NCCN1C(C)C. The van der Waals surface area contributed by atoms with Crippen molar-refractivity contribution in [2.24, 2.45) is 0 Å². The van der Waals surface area contributed by atoms with Gasteiger partial charge in [0, 0.05) is 24.0 Å². The Morgan fingerprint density at radius 1 is 1.52 bits per heavy atom. The molecule has 2 heterocycles. The van der Waals surface area contributed by atoms with Gasteiger partial charge in [-0.25, -0.2) is 4.98 Å². The van der Waals surface area contributed by atoms with E-state index in [1.165, 1.54) is 0 Å². The summed E-state index contributed by atoms with van der Waals surface area (Å²) in [7, 11) is 0. The topological polar surface area (TPSA) is 74.3 Å². The monoisotopic (exact) mass is 338 g/mol. The van der Waals surface area contributed by atoms with Gasteiger partial charge in [-0.1, -0.05) is 6.92 Å². The van der Waals surface area contributed by atoms with Crippen LogP contribution in [0.1, 0.15) is 42.8 Å². The summed E-state index contributed by atoms with van der Waals surface area (Å²) in [6, 6.07) is -0.132. The lowest BCUT2D eigenvalue weighted by Crippen LogP contribution is -2.58. The van der Waals surface area contributed by atoms with Gasteiger partial charge in [0.05, 0.1) is 29.7 Å². The first kappa shape index (κ1) is 17.9. The van der Waals surface area contributed by atoms with E-state index in [9.17, 15) is 9.59 Å². The molecule has 1 fully saturated rings. The molecular weight excluding hydrogens is 312 g/mol. The molecule has 1 aliphatic heterocycles. The molecule has 0 bridgehead atoms. The number of rotatable bonds is 6. The molecule has 0 aliphatic carbocycles. The second kappa shape index (κ2) is 7.88. The van der Waals surface area contributed by atoms with E-state index in [4.69, 9.17) is 0 Å². The van der Waals surface area contributed by atoms with E-state index >= 15 is 0 Å². The Morgan fingerprint density at radius 2 is 2.26 bits per heavy atom. The highest BCUT2D eigenvalue weighted by atomic mass is 32.1. The number of amides is 2. The van der Waals surface area contributed by atoms with Crippen LogP contribution in [-0.2, 0) is 22.6 Å². The zero-order chi connectivity index (χ0) is 17.0. The molecule has 0 unspecified atom stereocenters. The van der Waals surface area contributed by atoms with Gasteiger partial charge in [-0.3, -0.25) is 14.5 Å². The smallest absolute Gasteiger partial charge is 0.237 e. The molecule has 0 radical (unpaired) electrons. The molecule has 23 heavy (non-hydrogen) atoms. The van der Waals surface area contributed by atoms with Crippen LogP contribution in [-0.4, -0.2) is 46.9 Å². The largest absolute Gasteiger partial charge is 0.353 e. The van der Waals surface area contributed by atoms with E-state index < -0.39 is 0 Å². The number of aromatic nitrogens is 1. The number of nitrogens with one attached hydrogen (secondary N) is 2. The maximum absolute atomic E-state index is 12.3. The molecular formula is C16H26N4O2S. The van der Waals surface area contributed by atoms with Crippen molar-refractivity contribution in [1.82, 2.24) is 20.5 Å². The molecule has 0 saturated carbocycles. The molecule has 0 spiro atoms. The fourth-order valence-electron chi connectivity index (χ4n) is 2.91. The van der Waals surface area contributed by atoms with E-state index in [1.54, 1.807) is 11.3 Å². The van der Waals surface area contributed by atoms with Crippen molar-refractivity contribution in [2.45, 2.75) is 59.2 Å². The Hall–Kier alpha value is -1.47. The van der Waals surface area contributed by atoms with Gasteiger partial charge in [0.2, 0.25) is 11.8 Å². The lowest BCUT2D eigenvalue weighted by Gasteiger charge is -2.37. The van der Waals surface area contributed by atoms with Crippen LogP contribution in [0.15, 0.2) is 0 Å². The number of carbonyl (C=O) groups excluding carboxylic acids is 2. The van der Waals surface area contributed by atoms with E-state index in [2.05, 4.69) is 41.3 Å². The highest BCUT2D eigenvalue weighted by Gasteiger charge is 2.32. The molecule has 6 nitrogen and oxygen atoms in total. The van der Waals surface area contributed by atoms with Crippen LogP contribution in [0.4, 0.5) is 0 Å². The van der Waals surface area contributed by atoms with Gasteiger partial charge in [-0.2, -0.15) is 0 Å². The molecule has 1 aliphatic rings. The number of hydrogen-bond acceptors (Lipinski definition) is 5. The summed E-state index contributed by atoms with van der Waals surface area (Å²) >= 11 is 1.62. The second-order valence-corrected chi connectivity index (χ2v) is 7.36. The average Bonchev–Trinajstić information content (AvgIpc) is 2.87. The minimum Gasteiger partial charge on any atom is -0.353 e. The van der Waals surface area contributed by atoms with E-state index in [0.717, 1.165) is 28.5 Å². The van der Waals surface area contributed by atoms with Crippen LogP contribution in [0.5, 0.6) is 0 Å². The summed E-state index contributed by atoms with van der Waals surface area (Å²) in [5.74, 6) is -0.145. The quantitative estimate of drug-likeness (QED) is 0.818. The third-order valence-corrected chi connectivity index (χ3v) is 5.09. The van der Waals surface area contributed by atoms with Crippen LogP contribution in [0, 0.1) is 6.92 Å². The molecule has 1 aromatic rings. The van der Waals surface area contributed by atoms with Gasteiger partial charge in [-0.05, 0) is 27.2 Å². The van der Waals surface area contributed by atoms with Gasteiger partial charge in [-0.15, -0.1) is 11.3 Å². The van der Waals surface area contributed by atoms with Gasteiger partial charge in [0.15, 0.2) is 0 Å². The third kappa shape index (κ3) is 4.51. The minimum absolute atomic E-state index is 0.0528. The summed E-state index contributed by atoms with van der Waals surface area (Å²) in [6.45, 7) is 10.1. The minimum atomic E-state index is -0.377. The average molecular weight is 338 g/mol. The Bertz CT molecular complexity index is 570. The first-order chi connectivity index (χ1) is 10.9. The second-order valence-electron chi connectivity index (χ2n) is 6.08. The molecule has 2 N–H and O–H groups in total. The fourth-order valence-corrected chi connectivity index (χ4v) is 3.88. The number of piperazine rings is 1. The molecule has 1 aromatic heterocycles. The third-order valence-electron chi connectivity index (χ3n) is 4.08. The fraction of sp³-hybridized carbons (Fsp3) is 0.688. The number of hydrogen-bond donors (Lipinski definition) is 2. The summed E-state index contributed by atoms with van der Waals surface area (Å²) in [5.41, 5.74) is 1.05.